The summed E-state index contributed by atoms with van der Waals surface area (Å²) in [6.07, 6.45) is 8.99. The van der Waals surface area contributed by atoms with Crippen molar-refractivity contribution < 1.29 is 0 Å². The summed E-state index contributed by atoms with van der Waals surface area (Å²) in [5, 5.41) is 2.45. The molecule has 0 unspecified atom stereocenters. The number of allylic oxidation sites excluding steroid dienone is 4. The van der Waals surface area contributed by atoms with Gasteiger partial charge < -0.3 is 4.90 Å². The first-order chi connectivity index (χ1) is 22.0. The van der Waals surface area contributed by atoms with E-state index in [1.54, 1.807) is 0 Å². The maximum absolute atomic E-state index is 2.42. The third-order valence-electron chi connectivity index (χ3n) is 9.05. The molecule has 45 heavy (non-hydrogen) atoms. The van der Waals surface area contributed by atoms with Gasteiger partial charge in [0, 0.05) is 22.2 Å². The number of hydrogen-bond acceptors (Lipinski definition) is 1. The van der Waals surface area contributed by atoms with Crippen LogP contribution in [0.1, 0.15) is 43.0 Å². The monoisotopic (exact) mass is 579 g/mol. The summed E-state index contributed by atoms with van der Waals surface area (Å²) < 4.78 is 0. The summed E-state index contributed by atoms with van der Waals surface area (Å²) in [4.78, 5) is 2.42. The topological polar surface area (TPSA) is 3.24 Å². The Balaban J connectivity index is 1.39. The predicted octanol–water partition coefficient (Wildman–Crippen LogP) is 12.0. The molecule has 0 amide bonds. The van der Waals surface area contributed by atoms with Gasteiger partial charge >= 0.3 is 0 Å². The van der Waals surface area contributed by atoms with Gasteiger partial charge in [0.15, 0.2) is 0 Å². The fourth-order valence-corrected chi connectivity index (χ4v) is 6.72. The number of hydrogen-bond donors (Lipinski definition) is 0. The molecule has 0 fully saturated rings. The molecule has 7 rings (SSSR count). The zero-order valence-electron chi connectivity index (χ0n) is 26.1. The number of nitrogens with zero attached hydrogens (tertiary/aromatic N) is 1. The van der Waals surface area contributed by atoms with Gasteiger partial charge in [0.2, 0.25) is 0 Å². The Morgan fingerprint density at radius 2 is 1.27 bits per heavy atom. The Morgan fingerprint density at radius 1 is 0.600 bits per heavy atom. The Hall–Kier alpha value is -5.40. The van der Waals surface area contributed by atoms with Crippen molar-refractivity contribution in [2.45, 2.75) is 26.2 Å². The van der Waals surface area contributed by atoms with Crippen molar-refractivity contribution in [1.29, 1.82) is 0 Å². The van der Waals surface area contributed by atoms with Crippen LogP contribution in [0.15, 0.2) is 170 Å². The Kier molecular flexibility index (Phi) is 7.53. The third-order valence-corrected chi connectivity index (χ3v) is 9.05. The highest BCUT2D eigenvalue weighted by atomic mass is 15.1. The van der Waals surface area contributed by atoms with Crippen LogP contribution >= 0.6 is 0 Å². The largest absolute Gasteiger partial charge is 0.310 e. The van der Waals surface area contributed by atoms with Crippen LogP contribution in [0.5, 0.6) is 0 Å². The van der Waals surface area contributed by atoms with E-state index in [1.165, 1.54) is 44.2 Å². The van der Waals surface area contributed by atoms with Gasteiger partial charge in [0.1, 0.15) is 0 Å². The lowest BCUT2D eigenvalue weighted by atomic mass is 9.82. The molecule has 0 atom stereocenters. The quantitative estimate of drug-likeness (QED) is 0.134. The third kappa shape index (κ3) is 5.32. The molecule has 6 aromatic rings. The van der Waals surface area contributed by atoms with Gasteiger partial charge in [-0.1, -0.05) is 153 Å². The summed E-state index contributed by atoms with van der Waals surface area (Å²) >= 11 is 0. The second-order valence-corrected chi connectivity index (χ2v) is 12.2. The van der Waals surface area contributed by atoms with E-state index < -0.39 is 0 Å². The van der Waals surface area contributed by atoms with Crippen molar-refractivity contribution in [2.24, 2.45) is 0 Å². The van der Waals surface area contributed by atoms with Gasteiger partial charge in [0.05, 0.1) is 5.69 Å². The van der Waals surface area contributed by atoms with Crippen molar-refractivity contribution >= 4 is 33.8 Å². The van der Waals surface area contributed by atoms with Crippen molar-refractivity contribution in [3.05, 3.63) is 192 Å². The minimum absolute atomic E-state index is 0.0861. The molecule has 218 valence electrons. The van der Waals surface area contributed by atoms with Crippen LogP contribution in [0.2, 0.25) is 0 Å². The SMILES string of the molecule is C\C=C(/C=C\C(=C\c1ccccc1)c1ccccc1)N(c1ccc2c(c1)C(C)(C)c1ccccc1-2)c1cccc2ccccc12. The molecule has 0 saturated heterocycles. The summed E-state index contributed by atoms with van der Waals surface area (Å²) in [5.74, 6) is 0. The molecule has 1 heteroatoms. The predicted molar refractivity (Wildman–Crippen MR) is 194 cm³/mol. The zero-order valence-corrected chi connectivity index (χ0v) is 26.1. The molecule has 0 aromatic heterocycles. The Morgan fingerprint density at radius 3 is 2.07 bits per heavy atom. The van der Waals surface area contributed by atoms with Crippen molar-refractivity contribution in [1.82, 2.24) is 0 Å². The van der Waals surface area contributed by atoms with Gasteiger partial charge in [-0.25, -0.2) is 0 Å². The minimum atomic E-state index is -0.0861. The van der Waals surface area contributed by atoms with E-state index in [9.17, 15) is 0 Å². The van der Waals surface area contributed by atoms with Crippen LogP contribution in [-0.4, -0.2) is 0 Å². The molecule has 0 aliphatic heterocycles. The van der Waals surface area contributed by atoms with E-state index >= 15 is 0 Å². The molecule has 0 spiro atoms. The lowest BCUT2D eigenvalue weighted by Crippen LogP contribution is -2.18. The van der Waals surface area contributed by atoms with E-state index in [4.69, 9.17) is 0 Å². The van der Waals surface area contributed by atoms with Gasteiger partial charge in [-0.3, -0.25) is 0 Å². The van der Waals surface area contributed by atoms with Gasteiger partial charge in [0.25, 0.3) is 0 Å². The Bertz CT molecular complexity index is 2070. The standard InChI is InChI=1S/C44H37N/c1-4-36(27-26-35(33-18-9-6-10-19-33)30-32-16-7-5-8-17-32)45(43-25-15-21-34-20-11-12-22-38(34)43)37-28-29-40-39-23-13-14-24-41(39)44(2,3)42(40)31-37/h4-31H,1-3H3/b27-26-,35-30-,36-4+. The fourth-order valence-electron chi connectivity index (χ4n) is 6.72. The number of rotatable bonds is 7. The molecule has 0 radical (unpaired) electrons. The van der Waals surface area contributed by atoms with Crippen LogP contribution in [0, 0.1) is 0 Å². The first-order valence-electron chi connectivity index (χ1n) is 15.7. The molecule has 1 nitrogen and oxygen atoms in total. The van der Waals surface area contributed by atoms with Crippen LogP contribution in [0.25, 0.3) is 33.5 Å². The molecule has 1 aliphatic carbocycles. The fraction of sp³-hybridized carbons (Fsp3) is 0.0909. The van der Waals surface area contributed by atoms with Crippen LogP contribution in [0.4, 0.5) is 11.4 Å². The van der Waals surface area contributed by atoms with Gasteiger partial charge in [-0.05, 0) is 81.6 Å². The van der Waals surface area contributed by atoms with E-state index in [0.717, 1.165) is 22.6 Å². The second kappa shape index (κ2) is 11.9. The lowest BCUT2D eigenvalue weighted by Gasteiger charge is -2.30. The number of benzene rings is 6. The molecule has 0 heterocycles. The second-order valence-electron chi connectivity index (χ2n) is 12.2. The summed E-state index contributed by atoms with van der Waals surface area (Å²) in [5.41, 5.74) is 12.3. The zero-order chi connectivity index (χ0) is 30.8. The van der Waals surface area contributed by atoms with Crippen LogP contribution in [0.3, 0.4) is 0 Å². The summed E-state index contributed by atoms with van der Waals surface area (Å²) in [6.45, 7) is 6.83. The van der Waals surface area contributed by atoms with Crippen LogP contribution in [-0.2, 0) is 5.41 Å². The maximum atomic E-state index is 2.42. The van der Waals surface area contributed by atoms with Crippen LogP contribution < -0.4 is 4.90 Å². The first kappa shape index (κ1) is 28.4. The molecule has 0 bridgehead atoms. The molecule has 0 saturated carbocycles. The molecular weight excluding hydrogens is 542 g/mol. The van der Waals surface area contributed by atoms with Crippen molar-refractivity contribution in [2.75, 3.05) is 4.90 Å². The van der Waals surface area contributed by atoms with E-state index in [1.807, 2.05) is 0 Å². The lowest BCUT2D eigenvalue weighted by molar-refractivity contribution is 0.660. The van der Waals surface area contributed by atoms with E-state index in [2.05, 4.69) is 196 Å². The average Bonchev–Trinajstić information content (AvgIpc) is 3.32. The molecule has 1 aliphatic rings. The van der Waals surface area contributed by atoms with Crippen molar-refractivity contribution in [3.8, 4) is 11.1 Å². The average molecular weight is 580 g/mol. The van der Waals surface area contributed by atoms with Crippen molar-refractivity contribution in [3.63, 3.8) is 0 Å². The normalized spacial score (nSPS) is 14.0. The smallest absolute Gasteiger partial charge is 0.0539 e. The highest BCUT2D eigenvalue weighted by molar-refractivity contribution is 5.98. The van der Waals surface area contributed by atoms with E-state index in [-0.39, 0.29) is 5.41 Å². The van der Waals surface area contributed by atoms with Gasteiger partial charge in [-0.2, -0.15) is 0 Å². The minimum Gasteiger partial charge on any atom is -0.310 e. The van der Waals surface area contributed by atoms with Gasteiger partial charge in [-0.15, -0.1) is 0 Å². The first-order valence-corrected chi connectivity index (χ1v) is 15.7. The molecule has 6 aromatic carbocycles. The van der Waals surface area contributed by atoms with E-state index in [0.29, 0.717) is 0 Å². The highest BCUT2D eigenvalue weighted by Crippen LogP contribution is 2.50. The highest BCUT2D eigenvalue weighted by Gasteiger charge is 2.35. The number of fused-ring (bicyclic) bond motifs is 4. The summed E-state index contributed by atoms with van der Waals surface area (Å²) in [7, 11) is 0. The summed E-state index contributed by atoms with van der Waals surface area (Å²) in [6, 6.07) is 52.3. The molecule has 0 N–H and O–H groups in total. The Labute approximate surface area is 267 Å². The molecular formula is C44H37N. The maximum Gasteiger partial charge on any atom is 0.0539 e. The number of anilines is 2.